The van der Waals surface area contributed by atoms with Gasteiger partial charge in [-0.15, -0.1) is 11.8 Å². The van der Waals surface area contributed by atoms with E-state index in [2.05, 4.69) is 17.2 Å². The van der Waals surface area contributed by atoms with Gasteiger partial charge < -0.3 is 11.1 Å². The minimum atomic E-state index is -0.343. The topological polar surface area (TPSA) is 50.4 Å². The van der Waals surface area contributed by atoms with Gasteiger partial charge in [0.2, 0.25) is 0 Å². The second-order valence-electron chi connectivity index (χ2n) is 3.12. The number of nitrogens with zero attached hydrogens (tertiary/aromatic N) is 1. The standard InChI is InChI=1S/C10H16FN3S/c1-3-5-15-8(4-2)9-7(11)6-13-10(12)14-9/h6H,3-5H2,1-2H3,(H3,12,13,14). The molecule has 0 fully saturated rings. The average molecular weight is 229 g/mol. The highest BCUT2D eigenvalue weighted by Crippen LogP contribution is 2.28. The Hall–Kier alpha value is -0.970. The summed E-state index contributed by atoms with van der Waals surface area (Å²) in [5, 5.41) is 2.77. The molecule has 15 heavy (non-hydrogen) atoms. The summed E-state index contributed by atoms with van der Waals surface area (Å²) >= 11 is 1.66. The predicted molar refractivity (Wildman–Crippen MR) is 64.0 cm³/mol. The highest BCUT2D eigenvalue weighted by Gasteiger charge is 2.15. The first-order chi connectivity index (χ1) is 7.19. The van der Waals surface area contributed by atoms with E-state index in [1.807, 2.05) is 6.92 Å². The Bertz CT molecular complexity index is 321. The lowest BCUT2D eigenvalue weighted by molar-refractivity contribution is 0.629. The number of thioether (sulfide) groups is 1. The number of hydrogen-bond acceptors (Lipinski definition) is 4. The number of nitrogens with one attached hydrogen (secondary N) is 1. The molecular weight excluding hydrogens is 213 g/mol. The molecule has 0 radical (unpaired) electrons. The first kappa shape index (κ1) is 12.1. The summed E-state index contributed by atoms with van der Waals surface area (Å²) in [5.74, 6) is 0.887. The lowest BCUT2D eigenvalue weighted by Gasteiger charge is -2.16. The van der Waals surface area contributed by atoms with Crippen LogP contribution in [0.4, 0.5) is 4.39 Å². The Morgan fingerprint density at radius 3 is 2.93 bits per heavy atom. The normalized spacial score (nSPS) is 19.1. The van der Waals surface area contributed by atoms with Crippen molar-refractivity contribution in [3.63, 3.8) is 0 Å². The van der Waals surface area contributed by atoms with Gasteiger partial charge in [-0.2, -0.15) is 0 Å². The highest BCUT2D eigenvalue weighted by molar-refractivity contribution is 8.03. The zero-order valence-corrected chi connectivity index (χ0v) is 9.83. The smallest absolute Gasteiger partial charge is 0.197 e. The average Bonchev–Trinajstić information content (AvgIpc) is 2.24. The second-order valence-corrected chi connectivity index (χ2v) is 4.31. The number of guanidine groups is 1. The van der Waals surface area contributed by atoms with Crippen LogP contribution in [0.25, 0.3) is 0 Å². The number of allylic oxidation sites excluding steroid dienone is 2. The minimum Gasteiger partial charge on any atom is -0.369 e. The molecule has 3 nitrogen and oxygen atoms in total. The second kappa shape index (κ2) is 5.80. The van der Waals surface area contributed by atoms with Crippen molar-refractivity contribution in [2.45, 2.75) is 26.7 Å². The van der Waals surface area contributed by atoms with Crippen LogP contribution in [0.3, 0.4) is 0 Å². The Morgan fingerprint density at radius 2 is 2.33 bits per heavy atom. The summed E-state index contributed by atoms with van der Waals surface area (Å²) in [6.45, 7) is 4.10. The van der Waals surface area contributed by atoms with Crippen molar-refractivity contribution in [2.24, 2.45) is 10.7 Å². The molecule has 0 aromatic heterocycles. The van der Waals surface area contributed by atoms with Gasteiger partial charge in [-0.25, -0.2) is 9.38 Å². The molecule has 1 heterocycles. The molecule has 3 N–H and O–H groups in total. The molecule has 1 aliphatic rings. The van der Waals surface area contributed by atoms with Crippen LogP contribution in [0.15, 0.2) is 27.6 Å². The van der Waals surface area contributed by atoms with E-state index in [-0.39, 0.29) is 11.8 Å². The molecule has 5 heteroatoms. The first-order valence-corrected chi connectivity index (χ1v) is 5.99. The van der Waals surface area contributed by atoms with E-state index in [1.54, 1.807) is 11.8 Å². The van der Waals surface area contributed by atoms with Crippen molar-refractivity contribution < 1.29 is 4.39 Å². The van der Waals surface area contributed by atoms with E-state index < -0.39 is 0 Å². The molecule has 0 aliphatic carbocycles. The van der Waals surface area contributed by atoms with Gasteiger partial charge in [0.1, 0.15) is 0 Å². The fourth-order valence-electron chi connectivity index (χ4n) is 1.19. The molecule has 0 spiro atoms. The van der Waals surface area contributed by atoms with Gasteiger partial charge in [0.15, 0.2) is 11.8 Å². The first-order valence-electron chi connectivity index (χ1n) is 5.01. The minimum absolute atomic E-state index is 0.245. The quantitative estimate of drug-likeness (QED) is 0.778. The lowest BCUT2D eigenvalue weighted by Crippen LogP contribution is -2.33. The van der Waals surface area contributed by atoms with E-state index >= 15 is 0 Å². The third-order valence-electron chi connectivity index (χ3n) is 1.89. The molecule has 0 aromatic rings. The zero-order chi connectivity index (χ0) is 11.3. The maximum Gasteiger partial charge on any atom is 0.197 e. The summed E-state index contributed by atoms with van der Waals surface area (Å²) < 4.78 is 13.5. The van der Waals surface area contributed by atoms with E-state index in [9.17, 15) is 4.39 Å². The molecule has 0 aromatic carbocycles. The van der Waals surface area contributed by atoms with Crippen LogP contribution in [-0.4, -0.2) is 11.7 Å². The van der Waals surface area contributed by atoms with E-state index in [4.69, 9.17) is 5.73 Å². The van der Waals surface area contributed by atoms with Crippen molar-refractivity contribution in [3.05, 3.63) is 22.6 Å². The monoisotopic (exact) mass is 229 g/mol. The van der Waals surface area contributed by atoms with Crippen molar-refractivity contribution >= 4 is 17.7 Å². The maximum atomic E-state index is 13.5. The van der Waals surface area contributed by atoms with E-state index in [1.165, 1.54) is 0 Å². The van der Waals surface area contributed by atoms with Gasteiger partial charge >= 0.3 is 0 Å². The Labute approximate surface area is 93.7 Å². The van der Waals surface area contributed by atoms with Gasteiger partial charge in [-0.05, 0) is 18.6 Å². The summed E-state index contributed by atoms with van der Waals surface area (Å²) in [7, 11) is 0. The van der Waals surface area contributed by atoms with Crippen LogP contribution >= 0.6 is 11.8 Å². The van der Waals surface area contributed by atoms with Gasteiger partial charge in [-0.3, -0.25) is 0 Å². The maximum absolute atomic E-state index is 13.5. The van der Waals surface area contributed by atoms with Gasteiger partial charge in [0.05, 0.1) is 11.9 Å². The molecule has 0 saturated heterocycles. The fraction of sp³-hybridized carbons (Fsp3) is 0.500. The van der Waals surface area contributed by atoms with Crippen LogP contribution in [0.5, 0.6) is 0 Å². The zero-order valence-electron chi connectivity index (χ0n) is 9.01. The Balaban J connectivity index is 2.86. The molecule has 0 atom stereocenters. The lowest BCUT2D eigenvalue weighted by atomic mass is 10.3. The SMILES string of the molecule is CCCSC(CC)=C1NC(N)=NC=C1F. The number of halogens is 1. The van der Waals surface area contributed by atoms with Crippen LogP contribution < -0.4 is 11.1 Å². The molecule has 0 saturated carbocycles. The van der Waals surface area contributed by atoms with Crippen molar-refractivity contribution in [2.75, 3.05) is 5.75 Å². The molecular formula is C10H16FN3S. The van der Waals surface area contributed by atoms with E-state index in [0.717, 1.165) is 29.7 Å². The number of hydrogen-bond donors (Lipinski definition) is 2. The molecule has 0 amide bonds. The summed E-state index contributed by atoms with van der Waals surface area (Å²) in [6.07, 6.45) is 3.02. The van der Waals surface area contributed by atoms with Gasteiger partial charge in [-0.1, -0.05) is 13.8 Å². The van der Waals surface area contributed by atoms with Crippen LogP contribution in [-0.2, 0) is 0 Å². The summed E-state index contributed by atoms with van der Waals surface area (Å²) in [6, 6.07) is 0. The summed E-state index contributed by atoms with van der Waals surface area (Å²) in [4.78, 5) is 4.65. The molecule has 1 rings (SSSR count). The van der Waals surface area contributed by atoms with Crippen LogP contribution in [0, 0.1) is 0 Å². The van der Waals surface area contributed by atoms with Gasteiger partial charge in [0, 0.05) is 4.91 Å². The highest BCUT2D eigenvalue weighted by atomic mass is 32.2. The van der Waals surface area contributed by atoms with Gasteiger partial charge in [0.25, 0.3) is 0 Å². The number of nitrogens with two attached hydrogens (primary N) is 1. The van der Waals surface area contributed by atoms with Crippen molar-refractivity contribution in [1.29, 1.82) is 0 Å². The third kappa shape index (κ3) is 3.27. The summed E-state index contributed by atoms with van der Waals surface area (Å²) in [5.41, 5.74) is 5.97. The number of rotatable bonds is 4. The largest absolute Gasteiger partial charge is 0.369 e. The van der Waals surface area contributed by atoms with Crippen LogP contribution in [0.1, 0.15) is 26.7 Å². The van der Waals surface area contributed by atoms with Crippen molar-refractivity contribution in [1.82, 2.24) is 5.32 Å². The fourth-order valence-corrected chi connectivity index (χ4v) is 2.14. The molecule has 0 bridgehead atoms. The van der Waals surface area contributed by atoms with E-state index in [0.29, 0.717) is 5.70 Å². The molecule has 84 valence electrons. The number of aliphatic imine (C=N–C) groups is 1. The molecule has 0 unspecified atom stereocenters. The predicted octanol–water partition coefficient (Wildman–Crippen LogP) is 2.48. The third-order valence-corrected chi connectivity index (χ3v) is 3.34. The Morgan fingerprint density at radius 1 is 1.60 bits per heavy atom. The van der Waals surface area contributed by atoms with Crippen molar-refractivity contribution in [3.8, 4) is 0 Å². The molecule has 1 aliphatic heterocycles. The Kier molecular flexibility index (Phi) is 4.68. The van der Waals surface area contributed by atoms with Crippen LogP contribution in [0.2, 0.25) is 0 Å².